The number of nitrogens with zero attached hydrogens (tertiary/aromatic N) is 1. The summed E-state index contributed by atoms with van der Waals surface area (Å²) in [5, 5.41) is 7.06. The molecule has 2 rings (SSSR count). The Kier molecular flexibility index (Phi) is 2.99. The molecule has 0 fully saturated rings. The summed E-state index contributed by atoms with van der Waals surface area (Å²) in [5.41, 5.74) is 8.07. The summed E-state index contributed by atoms with van der Waals surface area (Å²) in [6, 6.07) is 3.88. The van der Waals surface area contributed by atoms with Gasteiger partial charge in [-0.1, -0.05) is 13.8 Å². The molecule has 86 valence electrons. The van der Waals surface area contributed by atoms with Crippen molar-refractivity contribution < 1.29 is 4.42 Å². The molecular formula is C12H17N3O. The molecule has 0 bridgehead atoms. The maximum absolute atomic E-state index is 5.83. The Morgan fingerprint density at radius 3 is 2.88 bits per heavy atom. The Bertz CT molecular complexity index is 443. The third kappa shape index (κ3) is 2.10. The highest BCUT2D eigenvalue weighted by Crippen LogP contribution is 2.24. The van der Waals surface area contributed by atoms with Gasteiger partial charge in [-0.05, 0) is 24.5 Å². The Morgan fingerprint density at radius 2 is 2.25 bits per heavy atom. The van der Waals surface area contributed by atoms with E-state index in [1.54, 1.807) is 6.26 Å². The van der Waals surface area contributed by atoms with Crippen LogP contribution in [0.4, 0.5) is 5.82 Å². The van der Waals surface area contributed by atoms with Gasteiger partial charge in [0.2, 0.25) is 0 Å². The lowest BCUT2D eigenvalue weighted by atomic mass is 10.0. The fourth-order valence-corrected chi connectivity index (χ4v) is 1.94. The van der Waals surface area contributed by atoms with E-state index in [1.165, 1.54) is 0 Å². The number of nitrogens with two attached hydrogens (primary N) is 1. The van der Waals surface area contributed by atoms with Crippen LogP contribution in [0.3, 0.4) is 0 Å². The molecule has 0 unspecified atom stereocenters. The molecule has 0 aromatic carbocycles. The molecule has 16 heavy (non-hydrogen) atoms. The normalized spacial score (nSPS) is 11.2. The van der Waals surface area contributed by atoms with Gasteiger partial charge in [0.1, 0.15) is 11.6 Å². The summed E-state index contributed by atoms with van der Waals surface area (Å²) in [4.78, 5) is 0. The third-order valence-electron chi connectivity index (χ3n) is 2.69. The van der Waals surface area contributed by atoms with Crippen LogP contribution in [0.1, 0.15) is 36.8 Å². The molecule has 0 aliphatic carbocycles. The summed E-state index contributed by atoms with van der Waals surface area (Å²) in [7, 11) is 0. The SMILES string of the molecule is CC(C)c1c(N)n[nH]c1CCc1ccco1. The molecule has 4 heteroatoms. The molecule has 3 N–H and O–H groups in total. The predicted molar refractivity (Wildman–Crippen MR) is 63.2 cm³/mol. The van der Waals surface area contributed by atoms with Crippen LogP contribution in [0, 0.1) is 0 Å². The summed E-state index contributed by atoms with van der Waals surface area (Å²) in [5.74, 6) is 2.00. The van der Waals surface area contributed by atoms with Crippen LogP contribution >= 0.6 is 0 Å². The van der Waals surface area contributed by atoms with Gasteiger partial charge in [-0.3, -0.25) is 5.10 Å². The topological polar surface area (TPSA) is 67.8 Å². The first-order valence-corrected chi connectivity index (χ1v) is 5.53. The number of aromatic nitrogens is 2. The highest BCUT2D eigenvalue weighted by atomic mass is 16.3. The van der Waals surface area contributed by atoms with Gasteiger partial charge in [0, 0.05) is 17.7 Å². The number of hydrogen-bond acceptors (Lipinski definition) is 3. The number of anilines is 1. The zero-order valence-electron chi connectivity index (χ0n) is 9.66. The van der Waals surface area contributed by atoms with Crippen LogP contribution in [0.15, 0.2) is 22.8 Å². The zero-order valence-corrected chi connectivity index (χ0v) is 9.66. The van der Waals surface area contributed by atoms with Crippen molar-refractivity contribution in [2.45, 2.75) is 32.6 Å². The van der Waals surface area contributed by atoms with Gasteiger partial charge >= 0.3 is 0 Å². The van der Waals surface area contributed by atoms with Crippen LogP contribution in [0.5, 0.6) is 0 Å². The largest absolute Gasteiger partial charge is 0.469 e. The van der Waals surface area contributed by atoms with Crippen molar-refractivity contribution in [1.82, 2.24) is 10.2 Å². The van der Waals surface area contributed by atoms with Gasteiger partial charge in [0.05, 0.1) is 6.26 Å². The molecule has 0 aliphatic heterocycles. The average Bonchev–Trinajstić information content (AvgIpc) is 2.83. The Balaban J connectivity index is 2.10. The predicted octanol–water partition coefficient (Wildman–Crippen LogP) is 2.49. The number of rotatable bonds is 4. The minimum atomic E-state index is 0.394. The van der Waals surface area contributed by atoms with Crippen molar-refractivity contribution in [2.75, 3.05) is 5.73 Å². The molecule has 2 aromatic rings. The van der Waals surface area contributed by atoms with E-state index in [1.807, 2.05) is 12.1 Å². The van der Waals surface area contributed by atoms with Gasteiger partial charge in [0.15, 0.2) is 0 Å². The number of aryl methyl sites for hydroxylation is 2. The Hall–Kier alpha value is -1.71. The van der Waals surface area contributed by atoms with E-state index in [9.17, 15) is 0 Å². The van der Waals surface area contributed by atoms with Gasteiger partial charge in [-0.25, -0.2) is 0 Å². The molecule has 2 aromatic heterocycles. The van der Waals surface area contributed by atoms with Gasteiger partial charge < -0.3 is 10.2 Å². The van der Waals surface area contributed by atoms with E-state index in [2.05, 4.69) is 24.0 Å². The molecule has 0 amide bonds. The minimum absolute atomic E-state index is 0.394. The second kappa shape index (κ2) is 4.43. The molecule has 0 saturated heterocycles. The van der Waals surface area contributed by atoms with Crippen LogP contribution in [0.25, 0.3) is 0 Å². The fraction of sp³-hybridized carbons (Fsp3) is 0.417. The monoisotopic (exact) mass is 219 g/mol. The quantitative estimate of drug-likeness (QED) is 0.830. The second-order valence-electron chi connectivity index (χ2n) is 4.24. The zero-order chi connectivity index (χ0) is 11.5. The average molecular weight is 219 g/mol. The number of nitrogens with one attached hydrogen (secondary N) is 1. The fourth-order valence-electron chi connectivity index (χ4n) is 1.94. The van der Waals surface area contributed by atoms with E-state index in [4.69, 9.17) is 10.2 Å². The van der Waals surface area contributed by atoms with E-state index >= 15 is 0 Å². The lowest BCUT2D eigenvalue weighted by molar-refractivity contribution is 0.507. The first-order chi connectivity index (χ1) is 7.68. The van der Waals surface area contributed by atoms with E-state index in [0.29, 0.717) is 11.7 Å². The summed E-state index contributed by atoms with van der Waals surface area (Å²) in [6.45, 7) is 4.25. The van der Waals surface area contributed by atoms with Gasteiger partial charge in [-0.15, -0.1) is 0 Å². The molecule has 0 saturated carbocycles. The van der Waals surface area contributed by atoms with Crippen molar-refractivity contribution in [1.29, 1.82) is 0 Å². The Morgan fingerprint density at radius 1 is 1.44 bits per heavy atom. The van der Waals surface area contributed by atoms with Gasteiger partial charge in [-0.2, -0.15) is 5.10 Å². The van der Waals surface area contributed by atoms with Crippen LogP contribution in [-0.2, 0) is 12.8 Å². The standard InChI is InChI=1S/C12H17N3O/c1-8(2)11-10(14-15-12(11)13)6-5-9-4-3-7-16-9/h3-4,7-8H,5-6H2,1-2H3,(H3,13,14,15). The lowest BCUT2D eigenvalue weighted by Crippen LogP contribution is -1.99. The maximum atomic E-state index is 5.83. The van der Waals surface area contributed by atoms with Crippen LogP contribution < -0.4 is 5.73 Å². The highest BCUT2D eigenvalue weighted by Gasteiger charge is 2.14. The van der Waals surface area contributed by atoms with Crippen molar-refractivity contribution in [3.8, 4) is 0 Å². The highest BCUT2D eigenvalue weighted by molar-refractivity contribution is 5.44. The van der Waals surface area contributed by atoms with Crippen LogP contribution in [0.2, 0.25) is 0 Å². The molecule has 0 aliphatic rings. The van der Waals surface area contributed by atoms with Gasteiger partial charge in [0.25, 0.3) is 0 Å². The smallest absolute Gasteiger partial charge is 0.148 e. The van der Waals surface area contributed by atoms with Crippen molar-refractivity contribution in [2.24, 2.45) is 0 Å². The van der Waals surface area contributed by atoms with E-state index < -0.39 is 0 Å². The molecule has 0 atom stereocenters. The minimum Gasteiger partial charge on any atom is -0.469 e. The summed E-state index contributed by atoms with van der Waals surface area (Å²) >= 11 is 0. The summed E-state index contributed by atoms with van der Waals surface area (Å²) < 4.78 is 5.30. The lowest BCUT2D eigenvalue weighted by Gasteiger charge is -2.06. The molecule has 0 spiro atoms. The number of H-pyrrole nitrogens is 1. The number of aromatic amines is 1. The molecule has 0 radical (unpaired) electrons. The third-order valence-corrected chi connectivity index (χ3v) is 2.69. The van der Waals surface area contributed by atoms with E-state index in [-0.39, 0.29) is 0 Å². The number of nitrogen functional groups attached to an aromatic ring is 1. The van der Waals surface area contributed by atoms with Crippen molar-refractivity contribution >= 4 is 5.82 Å². The first kappa shape index (κ1) is 10.8. The van der Waals surface area contributed by atoms with Crippen LogP contribution in [-0.4, -0.2) is 10.2 Å². The maximum Gasteiger partial charge on any atom is 0.148 e. The summed E-state index contributed by atoms with van der Waals surface area (Å²) in [6.07, 6.45) is 3.44. The molecular weight excluding hydrogens is 202 g/mol. The first-order valence-electron chi connectivity index (χ1n) is 5.53. The number of hydrogen-bond donors (Lipinski definition) is 2. The van der Waals surface area contributed by atoms with Crippen molar-refractivity contribution in [3.63, 3.8) is 0 Å². The van der Waals surface area contributed by atoms with Crippen molar-refractivity contribution in [3.05, 3.63) is 35.4 Å². The van der Waals surface area contributed by atoms with E-state index in [0.717, 1.165) is 29.9 Å². The second-order valence-corrected chi connectivity index (χ2v) is 4.24. The molecule has 2 heterocycles. The number of furan rings is 1. The Labute approximate surface area is 94.8 Å². The molecule has 4 nitrogen and oxygen atoms in total.